The van der Waals surface area contributed by atoms with E-state index >= 15 is 0 Å². The molecule has 4 unspecified atom stereocenters. The monoisotopic (exact) mass is 486 g/mol. The van der Waals surface area contributed by atoms with Crippen molar-refractivity contribution in [3.63, 3.8) is 0 Å². The number of likely N-dealkylation sites (N-methyl/N-ethyl adjacent to an activating group) is 1. The molecule has 3 N–H and O–H groups in total. The zero-order valence-electron chi connectivity index (χ0n) is 22.2. The molecule has 0 saturated carbocycles. The van der Waals surface area contributed by atoms with Gasteiger partial charge in [-0.3, -0.25) is 9.59 Å². The molecular weight excluding hydrogens is 444 g/mol. The number of nitrogens with zero attached hydrogens (tertiary/aromatic N) is 1. The van der Waals surface area contributed by atoms with Crippen LogP contribution in [0.15, 0.2) is 24.3 Å². The number of carbonyl (C=O) groups is 3. The molecule has 0 aromatic heterocycles. The van der Waals surface area contributed by atoms with Crippen LogP contribution in [-0.4, -0.2) is 60.1 Å². The Labute approximate surface area is 209 Å². The molecule has 1 aromatic rings. The SMILES string of the molecule is CNC1CC(C(=O)NC2CCCc3ccccc32)N(C(=O)C(NC(=O)OC(C)(C)C)C(C)(C)C)C1. The summed E-state index contributed by atoms with van der Waals surface area (Å²) in [5.74, 6) is -0.423. The van der Waals surface area contributed by atoms with Gasteiger partial charge in [-0.25, -0.2) is 4.79 Å². The Balaban J connectivity index is 1.79. The van der Waals surface area contributed by atoms with E-state index in [0.717, 1.165) is 24.8 Å². The zero-order valence-corrected chi connectivity index (χ0v) is 22.2. The molecule has 35 heavy (non-hydrogen) atoms. The number of hydrogen-bond acceptors (Lipinski definition) is 5. The molecule has 3 amide bonds. The van der Waals surface area contributed by atoms with Gasteiger partial charge >= 0.3 is 6.09 Å². The Morgan fingerprint density at radius 1 is 1.09 bits per heavy atom. The first kappa shape index (κ1) is 27.0. The summed E-state index contributed by atoms with van der Waals surface area (Å²) in [6.45, 7) is 11.4. The molecule has 0 bridgehead atoms. The first-order valence-corrected chi connectivity index (χ1v) is 12.7. The molecule has 0 spiro atoms. The van der Waals surface area contributed by atoms with Crippen molar-refractivity contribution in [1.29, 1.82) is 0 Å². The predicted molar refractivity (Wildman–Crippen MR) is 136 cm³/mol. The first-order valence-electron chi connectivity index (χ1n) is 12.7. The number of hydrogen-bond donors (Lipinski definition) is 3. The quantitative estimate of drug-likeness (QED) is 0.593. The number of ether oxygens (including phenoxy) is 1. The van der Waals surface area contributed by atoms with E-state index in [-0.39, 0.29) is 23.9 Å². The van der Waals surface area contributed by atoms with Gasteiger partial charge in [0, 0.05) is 12.6 Å². The highest BCUT2D eigenvalue weighted by atomic mass is 16.6. The highest BCUT2D eigenvalue weighted by molar-refractivity contribution is 5.92. The van der Waals surface area contributed by atoms with E-state index in [9.17, 15) is 14.4 Å². The van der Waals surface area contributed by atoms with Gasteiger partial charge in [-0.15, -0.1) is 0 Å². The van der Waals surface area contributed by atoms with Crippen LogP contribution in [0.5, 0.6) is 0 Å². The van der Waals surface area contributed by atoms with Crippen LogP contribution in [0.2, 0.25) is 0 Å². The molecule has 8 heteroatoms. The number of aryl methyl sites for hydroxylation is 1. The second-order valence-electron chi connectivity index (χ2n) is 11.8. The Bertz CT molecular complexity index is 934. The molecular formula is C27H42N4O4. The Morgan fingerprint density at radius 3 is 2.40 bits per heavy atom. The second kappa shape index (κ2) is 10.6. The first-order chi connectivity index (χ1) is 16.3. The summed E-state index contributed by atoms with van der Waals surface area (Å²) >= 11 is 0. The number of rotatable bonds is 5. The van der Waals surface area contributed by atoms with Crippen LogP contribution in [-0.2, 0) is 20.7 Å². The van der Waals surface area contributed by atoms with E-state index in [1.165, 1.54) is 5.56 Å². The van der Waals surface area contributed by atoms with E-state index in [2.05, 4.69) is 28.1 Å². The van der Waals surface area contributed by atoms with E-state index in [1.54, 1.807) is 25.7 Å². The Morgan fingerprint density at radius 2 is 1.77 bits per heavy atom. The molecule has 1 aliphatic heterocycles. The number of fused-ring (bicyclic) bond motifs is 1. The number of benzene rings is 1. The minimum Gasteiger partial charge on any atom is -0.444 e. The summed E-state index contributed by atoms with van der Waals surface area (Å²) in [5.41, 5.74) is 1.17. The molecule has 0 radical (unpaired) electrons. The summed E-state index contributed by atoms with van der Waals surface area (Å²) in [6.07, 6.45) is 2.78. The van der Waals surface area contributed by atoms with Crippen molar-refractivity contribution in [2.75, 3.05) is 13.6 Å². The van der Waals surface area contributed by atoms with Gasteiger partial charge in [0.1, 0.15) is 17.7 Å². The number of nitrogens with one attached hydrogen (secondary N) is 3. The highest BCUT2D eigenvalue weighted by Crippen LogP contribution is 2.31. The Hall–Kier alpha value is -2.61. The summed E-state index contributed by atoms with van der Waals surface area (Å²) in [7, 11) is 1.84. The lowest BCUT2D eigenvalue weighted by atomic mass is 9.85. The van der Waals surface area contributed by atoms with E-state index in [0.29, 0.717) is 13.0 Å². The maximum absolute atomic E-state index is 13.8. The van der Waals surface area contributed by atoms with Crippen molar-refractivity contribution in [3.05, 3.63) is 35.4 Å². The average molecular weight is 487 g/mol. The smallest absolute Gasteiger partial charge is 0.408 e. The van der Waals surface area contributed by atoms with E-state index in [4.69, 9.17) is 4.74 Å². The van der Waals surface area contributed by atoms with E-state index in [1.807, 2.05) is 40.0 Å². The molecule has 3 rings (SSSR count). The van der Waals surface area contributed by atoms with Gasteiger partial charge in [-0.2, -0.15) is 0 Å². The molecule has 4 atom stereocenters. The third-order valence-electron chi connectivity index (χ3n) is 6.76. The number of likely N-dealkylation sites (tertiary alicyclic amines) is 1. The fourth-order valence-corrected chi connectivity index (χ4v) is 4.95. The largest absolute Gasteiger partial charge is 0.444 e. The van der Waals surface area contributed by atoms with Gasteiger partial charge in [0.25, 0.3) is 0 Å². The minimum atomic E-state index is -0.835. The molecule has 194 valence electrons. The van der Waals surface area contributed by atoms with Crippen LogP contribution in [0.25, 0.3) is 0 Å². The highest BCUT2D eigenvalue weighted by Gasteiger charge is 2.45. The summed E-state index contributed by atoms with van der Waals surface area (Å²) in [4.78, 5) is 41.5. The fourth-order valence-electron chi connectivity index (χ4n) is 4.95. The maximum atomic E-state index is 13.8. The van der Waals surface area contributed by atoms with Gasteiger partial charge < -0.3 is 25.6 Å². The molecule has 2 aliphatic rings. The maximum Gasteiger partial charge on any atom is 0.408 e. The third-order valence-corrected chi connectivity index (χ3v) is 6.76. The zero-order chi connectivity index (χ0) is 26.0. The van der Waals surface area contributed by atoms with Crippen LogP contribution in [0.3, 0.4) is 0 Å². The van der Waals surface area contributed by atoms with Crippen molar-refractivity contribution in [1.82, 2.24) is 20.9 Å². The van der Waals surface area contributed by atoms with Crippen molar-refractivity contribution < 1.29 is 19.1 Å². The lowest BCUT2D eigenvalue weighted by Crippen LogP contribution is -2.58. The van der Waals surface area contributed by atoms with Gasteiger partial charge in [0.15, 0.2) is 0 Å². The van der Waals surface area contributed by atoms with Crippen molar-refractivity contribution in [2.24, 2.45) is 5.41 Å². The van der Waals surface area contributed by atoms with Crippen LogP contribution < -0.4 is 16.0 Å². The second-order valence-corrected chi connectivity index (χ2v) is 11.8. The van der Waals surface area contributed by atoms with Gasteiger partial charge in [-0.1, -0.05) is 45.0 Å². The summed E-state index contributed by atoms with van der Waals surface area (Å²) in [5, 5.41) is 9.21. The third kappa shape index (κ3) is 6.75. The van der Waals surface area contributed by atoms with E-state index < -0.39 is 29.2 Å². The number of amides is 3. The summed E-state index contributed by atoms with van der Waals surface area (Å²) < 4.78 is 5.41. The van der Waals surface area contributed by atoms with Gasteiger partial charge in [0.05, 0.1) is 6.04 Å². The molecule has 1 aromatic carbocycles. The number of carbonyl (C=O) groups excluding carboxylic acids is 3. The lowest BCUT2D eigenvalue weighted by molar-refractivity contribution is -0.142. The molecule has 1 heterocycles. The molecule has 1 aliphatic carbocycles. The van der Waals surface area contributed by atoms with Crippen LogP contribution in [0.1, 0.15) is 78.0 Å². The lowest BCUT2D eigenvalue weighted by Gasteiger charge is -2.36. The van der Waals surface area contributed by atoms with Crippen LogP contribution in [0.4, 0.5) is 4.79 Å². The van der Waals surface area contributed by atoms with Gasteiger partial charge in [0.2, 0.25) is 11.8 Å². The standard InChI is InChI=1S/C27H42N4O4/c1-26(2,3)22(30-25(34)35-27(4,5)6)24(33)31-16-18(28-7)15-21(31)23(32)29-20-14-10-12-17-11-8-9-13-19(17)20/h8-9,11,13,18,20-22,28H,10,12,14-16H2,1-7H3,(H,29,32)(H,30,34). The fraction of sp³-hybridized carbons (Fsp3) is 0.667. The minimum absolute atomic E-state index is 0.00418. The van der Waals surface area contributed by atoms with Gasteiger partial charge in [-0.05, 0) is 70.0 Å². The molecule has 1 saturated heterocycles. The molecule has 8 nitrogen and oxygen atoms in total. The van der Waals surface area contributed by atoms with Crippen molar-refractivity contribution in [3.8, 4) is 0 Å². The Kier molecular flexibility index (Phi) is 8.14. The van der Waals surface area contributed by atoms with Crippen LogP contribution >= 0.6 is 0 Å². The normalized spacial score (nSPS) is 23.3. The molecule has 1 fully saturated rings. The van der Waals surface area contributed by atoms with Crippen molar-refractivity contribution in [2.45, 2.75) is 97.0 Å². The topological polar surface area (TPSA) is 99.8 Å². The van der Waals surface area contributed by atoms with Crippen LogP contribution in [0, 0.1) is 5.41 Å². The predicted octanol–water partition coefficient (Wildman–Crippen LogP) is 3.31. The average Bonchev–Trinajstić information content (AvgIpc) is 3.20. The number of alkyl carbamates (subject to hydrolysis) is 1. The summed E-state index contributed by atoms with van der Waals surface area (Å²) in [6, 6.07) is 6.72. The van der Waals surface area contributed by atoms with Crippen molar-refractivity contribution >= 4 is 17.9 Å².